The van der Waals surface area contributed by atoms with Gasteiger partial charge in [-0.1, -0.05) is 12.1 Å². The van der Waals surface area contributed by atoms with Crippen LogP contribution in [0, 0.1) is 0 Å². The second-order valence-corrected chi connectivity index (χ2v) is 5.80. The van der Waals surface area contributed by atoms with E-state index >= 15 is 0 Å². The Balaban J connectivity index is 2.68. The van der Waals surface area contributed by atoms with Crippen LogP contribution < -0.4 is 15.6 Å². The number of aliphatic hydroxyl groups excluding tert-OH is 2. The first-order valence-corrected chi connectivity index (χ1v) is 7.63. The van der Waals surface area contributed by atoms with E-state index in [1.165, 1.54) is 0 Å². The van der Waals surface area contributed by atoms with Gasteiger partial charge in [0.1, 0.15) is 0 Å². The third kappa shape index (κ3) is 5.99. The lowest BCUT2D eigenvalue weighted by Gasteiger charge is -2.16. The number of nitrogens with one attached hydrogen (secondary N) is 3. The maximum Gasteiger partial charge on any atom is 0.209 e. The summed E-state index contributed by atoms with van der Waals surface area (Å²) in [5.74, 6) is 0. The summed E-state index contributed by atoms with van der Waals surface area (Å²) in [6.45, 7) is 0.120. The van der Waals surface area contributed by atoms with Gasteiger partial charge in [0, 0.05) is 12.2 Å². The van der Waals surface area contributed by atoms with Crippen LogP contribution in [0.25, 0.3) is 0 Å². The van der Waals surface area contributed by atoms with Crippen LogP contribution in [-0.4, -0.2) is 44.6 Å². The quantitative estimate of drug-likeness (QED) is 0.316. The van der Waals surface area contributed by atoms with Crippen molar-refractivity contribution in [3.05, 3.63) is 29.8 Å². The number of aliphatic hydroxyl groups is 2. The third-order valence-electron chi connectivity index (χ3n) is 2.32. The Morgan fingerprint density at radius 3 is 2.32 bits per heavy atom. The van der Waals surface area contributed by atoms with Crippen LogP contribution in [-0.2, 0) is 10.0 Å². The number of anilines is 1. The second-order valence-electron chi connectivity index (χ2n) is 4.02. The molecule has 1 atom stereocenters. The van der Waals surface area contributed by atoms with Crippen LogP contribution in [0.2, 0.25) is 0 Å². The number of rotatable bonds is 8. The smallest absolute Gasteiger partial charge is 0.209 e. The minimum absolute atomic E-state index is 0.0238. The van der Waals surface area contributed by atoms with Crippen molar-refractivity contribution < 1.29 is 18.6 Å². The molecule has 0 radical (unpaired) electrons. The van der Waals surface area contributed by atoms with Crippen molar-refractivity contribution in [3.63, 3.8) is 0 Å². The average Bonchev–Trinajstić information content (AvgIpc) is 2.36. The summed E-state index contributed by atoms with van der Waals surface area (Å²) in [5.41, 5.74) is 7.10. The largest absolute Gasteiger partial charge is 0.395 e. The summed E-state index contributed by atoms with van der Waals surface area (Å²) in [5, 5.41) is 17.8. The highest BCUT2D eigenvalue weighted by molar-refractivity contribution is 7.88. The van der Waals surface area contributed by atoms with E-state index < -0.39 is 16.1 Å². The fourth-order valence-electron chi connectivity index (χ4n) is 1.49. The van der Waals surface area contributed by atoms with E-state index in [1.807, 2.05) is 0 Å². The molecular weight excluding hydrogens is 270 g/mol. The van der Waals surface area contributed by atoms with Gasteiger partial charge in [-0.05, 0) is 17.7 Å². The summed E-state index contributed by atoms with van der Waals surface area (Å²) in [7, 11) is -3.38. The summed E-state index contributed by atoms with van der Waals surface area (Å²) in [6, 6.07) is 6.25. The molecular formula is C11H19N3O4S. The molecule has 5 N–H and O–H groups in total. The fourth-order valence-corrected chi connectivity index (χ4v) is 2.22. The van der Waals surface area contributed by atoms with E-state index in [0.29, 0.717) is 12.1 Å². The number of hydrogen-bond acceptors (Lipinski definition) is 6. The van der Waals surface area contributed by atoms with Gasteiger partial charge in [0.15, 0.2) is 0 Å². The summed E-state index contributed by atoms with van der Waals surface area (Å²) in [4.78, 5) is 0. The molecule has 19 heavy (non-hydrogen) atoms. The molecule has 1 aromatic rings. The average molecular weight is 289 g/mol. The minimum atomic E-state index is -3.38. The van der Waals surface area contributed by atoms with Gasteiger partial charge in [-0.15, -0.1) is 0 Å². The first kappa shape index (κ1) is 15.9. The predicted molar refractivity (Wildman–Crippen MR) is 73.0 cm³/mol. The highest BCUT2D eigenvalue weighted by atomic mass is 32.2. The summed E-state index contributed by atoms with van der Waals surface area (Å²) >= 11 is 0. The van der Waals surface area contributed by atoms with Crippen LogP contribution in [0.3, 0.4) is 0 Å². The lowest BCUT2D eigenvalue weighted by Crippen LogP contribution is -2.29. The monoisotopic (exact) mass is 289 g/mol. The Bertz CT molecular complexity index is 475. The topological polar surface area (TPSA) is 111 Å². The fraction of sp³-hybridized carbons (Fsp3) is 0.455. The zero-order chi connectivity index (χ0) is 14.3. The molecule has 108 valence electrons. The zero-order valence-electron chi connectivity index (χ0n) is 10.6. The van der Waals surface area contributed by atoms with Crippen LogP contribution in [0.15, 0.2) is 24.3 Å². The number of hydrogen-bond donors (Lipinski definition) is 5. The minimum Gasteiger partial charge on any atom is -0.395 e. The lowest BCUT2D eigenvalue weighted by atomic mass is 10.1. The van der Waals surface area contributed by atoms with Crippen molar-refractivity contribution >= 4 is 15.7 Å². The lowest BCUT2D eigenvalue weighted by molar-refractivity contribution is 0.259. The van der Waals surface area contributed by atoms with Gasteiger partial charge in [-0.3, -0.25) is 0 Å². The summed E-state index contributed by atoms with van der Waals surface area (Å²) in [6.07, 6.45) is 1.05. The molecule has 0 aliphatic heterocycles. The van der Waals surface area contributed by atoms with Gasteiger partial charge in [-0.25, -0.2) is 18.6 Å². The molecule has 0 amide bonds. The van der Waals surface area contributed by atoms with Crippen molar-refractivity contribution in [1.29, 1.82) is 0 Å². The molecule has 7 nitrogen and oxygen atoms in total. The normalized spacial score (nSPS) is 13.2. The second kappa shape index (κ2) is 7.41. The van der Waals surface area contributed by atoms with Gasteiger partial charge >= 0.3 is 0 Å². The number of benzene rings is 1. The molecule has 0 saturated heterocycles. The number of hydrazine groups is 1. The molecule has 0 fully saturated rings. The third-order valence-corrected chi connectivity index (χ3v) is 3.03. The van der Waals surface area contributed by atoms with Crippen molar-refractivity contribution in [3.8, 4) is 0 Å². The van der Waals surface area contributed by atoms with E-state index in [-0.39, 0.29) is 13.2 Å². The highest BCUT2D eigenvalue weighted by Gasteiger charge is 2.14. The van der Waals surface area contributed by atoms with Gasteiger partial charge in [0.25, 0.3) is 0 Å². The van der Waals surface area contributed by atoms with Gasteiger partial charge in [0.05, 0.1) is 25.5 Å². The van der Waals surface area contributed by atoms with Gasteiger partial charge in [-0.2, -0.15) is 0 Å². The zero-order valence-corrected chi connectivity index (χ0v) is 11.4. The molecule has 8 heteroatoms. The van der Waals surface area contributed by atoms with Crippen molar-refractivity contribution in [2.45, 2.75) is 6.04 Å². The molecule has 0 spiro atoms. The molecule has 0 bridgehead atoms. The first-order chi connectivity index (χ1) is 8.96. The van der Waals surface area contributed by atoms with Crippen molar-refractivity contribution in [2.24, 2.45) is 0 Å². The van der Waals surface area contributed by atoms with Crippen LogP contribution >= 0.6 is 0 Å². The molecule has 1 rings (SSSR count). The van der Waals surface area contributed by atoms with Crippen LogP contribution in [0.1, 0.15) is 11.6 Å². The molecule has 0 aliphatic rings. The highest BCUT2D eigenvalue weighted by Crippen LogP contribution is 2.16. The molecule has 0 aliphatic carbocycles. The molecule has 1 unspecified atom stereocenters. The maximum absolute atomic E-state index is 11.1. The van der Waals surface area contributed by atoms with Gasteiger partial charge < -0.3 is 15.6 Å². The van der Waals surface area contributed by atoms with E-state index in [4.69, 9.17) is 5.11 Å². The maximum atomic E-state index is 11.1. The van der Waals surface area contributed by atoms with Gasteiger partial charge in [0.2, 0.25) is 10.0 Å². The predicted octanol–water partition coefficient (Wildman–Crippen LogP) is -0.822. The molecule has 1 aromatic carbocycles. The van der Waals surface area contributed by atoms with Crippen molar-refractivity contribution in [2.75, 3.05) is 31.4 Å². The molecule has 0 aromatic heterocycles. The van der Waals surface area contributed by atoms with E-state index in [1.54, 1.807) is 24.3 Å². The van der Waals surface area contributed by atoms with E-state index in [9.17, 15) is 13.5 Å². The first-order valence-electron chi connectivity index (χ1n) is 5.74. The van der Waals surface area contributed by atoms with E-state index in [2.05, 4.69) is 15.6 Å². The van der Waals surface area contributed by atoms with Crippen LogP contribution in [0.4, 0.5) is 5.69 Å². The van der Waals surface area contributed by atoms with Crippen LogP contribution in [0.5, 0.6) is 0 Å². The number of sulfonamides is 1. The Labute approximate surface area is 112 Å². The standard InChI is InChI=1S/C11H19N3O4S/c1-19(17,18)14-11(8-16)9-2-4-10(5-3-9)13-12-6-7-15/h2-5,11-16H,6-8H2,1H3. The Morgan fingerprint density at radius 2 is 1.84 bits per heavy atom. The van der Waals surface area contributed by atoms with Crippen molar-refractivity contribution in [1.82, 2.24) is 10.1 Å². The van der Waals surface area contributed by atoms with E-state index in [0.717, 1.165) is 11.9 Å². The Hall–Kier alpha value is -1.19. The Morgan fingerprint density at radius 1 is 1.21 bits per heavy atom. The SMILES string of the molecule is CS(=O)(=O)NC(CO)c1ccc(NNCCO)cc1. The molecule has 0 saturated carbocycles. The summed E-state index contributed by atoms with van der Waals surface area (Å²) < 4.78 is 24.6. The Kier molecular flexibility index (Phi) is 6.19. The molecule has 0 heterocycles.